The number of ether oxygens (including phenoxy) is 1. The van der Waals surface area contributed by atoms with E-state index in [4.69, 9.17) is 16.3 Å². The van der Waals surface area contributed by atoms with Crippen molar-refractivity contribution in [3.63, 3.8) is 0 Å². The van der Waals surface area contributed by atoms with Crippen LogP contribution in [-0.4, -0.2) is 24.7 Å². The second-order valence-electron chi connectivity index (χ2n) is 3.98. The maximum Gasteiger partial charge on any atom is 0.295 e. The van der Waals surface area contributed by atoms with Gasteiger partial charge in [-0.3, -0.25) is 10.1 Å². The molecule has 0 fully saturated rings. The standard InChI is InChI=1S/C12H14ClFN2O3/c1-8(2)7-19-4-3-15-11-5-9(13)10(14)6-12(11)16(17)18/h5-6,15H,1,3-4,7H2,2H3. The van der Waals surface area contributed by atoms with Crippen LogP contribution >= 0.6 is 11.6 Å². The van der Waals surface area contributed by atoms with Crippen LogP contribution in [0.2, 0.25) is 5.02 Å². The summed E-state index contributed by atoms with van der Waals surface area (Å²) in [6, 6.07) is 1.98. The first kappa shape index (κ1) is 15.4. The Morgan fingerprint density at radius 3 is 2.89 bits per heavy atom. The summed E-state index contributed by atoms with van der Waals surface area (Å²) in [5.74, 6) is -0.822. The molecule has 0 heterocycles. The predicted octanol–water partition coefficient (Wildman–Crippen LogP) is 3.39. The molecule has 1 rings (SSSR count). The number of hydrogen-bond donors (Lipinski definition) is 1. The SMILES string of the molecule is C=C(C)COCCNc1cc(Cl)c(F)cc1[N+](=O)[O-]. The molecule has 104 valence electrons. The molecule has 0 aromatic heterocycles. The van der Waals surface area contributed by atoms with E-state index in [9.17, 15) is 14.5 Å². The van der Waals surface area contributed by atoms with Gasteiger partial charge in [0.25, 0.3) is 5.69 Å². The molecule has 5 nitrogen and oxygen atoms in total. The van der Waals surface area contributed by atoms with Gasteiger partial charge >= 0.3 is 0 Å². The van der Waals surface area contributed by atoms with Gasteiger partial charge in [-0.25, -0.2) is 4.39 Å². The Morgan fingerprint density at radius 1 is 1.63 bits per heavy atom. The highest BCUT2D eigenvalue weighted by molar-refractivity contribution is 6.31. The quantitative estimate of drug-likeness (QED) is 0.361. The van der Waals surface area contributed by atoms with Crippen LogP contribution in [0.15, 0.2) is 24.3 Å². The molecule has 0 atom stereocenters. The number of halogens is 2. The molecule has 0 aliphatic heterocycles. The molecule has 0 radical (unpaired) electrons. The third-order valence-corrected chi connectivity index (χ3v) is 2.44. The zero-order valence-electron chi connectivity index (χ0n) is 10.4. The second kappa shape index (κ2) is 7.06. The van der Waals surface area contributed by atoms with Gasteiger partial charge in [-0.15, -0.1) is 0 Å². The largest absolute Gasteiger partial charge is 0.377 e. The first-order chi connectivity index (χ1) is 8.91. The van der Waals surface area contributed by atoms with Gasteiger partial charge in [0.2, 0.25) is 0 Å². The monoisotopic (exact) mass is 288 g/mol. The van der Waals surface area contributed by atoms with Crippen LogP contribution < -0.4 is 5.32 Å². The highest BCUT2D eigenvalue weighted by Gasteiger charge is 2.17. The van der Waals surface area contributed by atoms with Crippen molar-refractivity contribution in [2.75, 3.05) is 25.1 Å². The molecular weight excluding hydrogens is 275 g/mol. The summed E-state index contributed by atoms with van der Waals surface area (Å²) < 4.78 is 18.4. The number of benzene rings is 1. The van der Waals surface area contributed by atoms with Gasteiger partial charge in [-0.2, -0.15) is 0 Å². The lowest BCUT2D eigenvalue weighted by Gasteiger charge is -2.08. The fourth-order valence-electron chi connectivity index (χ4n) is 1.33. The molecular formula is C12H14ClFN2O3. The molecule has 1 aromatic carbocycles. The molecule has 0 bridgehead atoms. The van der Waals surface area contributed by atoms with E-state index >= 15 is 0 Å². The van der Waals surface area contributed by atoms with Gasteiger partial charge in [0, 0.05) is 6.54 Å². The minimum atomic E-state index is -0.822. The van der Waals surface area contributed by atoms with Gasteiger partial charge in [0.15, 0.2) is 0 Å². The number of nitrogens with one attached hydrogen (secondary N) is 1. The first-order valence-electron chi connectivity index (χ1n) is 5.51. The molecule has 0 spiro atoms. The average molecular weight is 289 g/mol. The smallest absolute Gasteiger partial charge is 0.295 e. The second-order valence-corrected chi connectivity index (χ2v) is 4.38. The van der Waals surface area contributed by atoms with E-state index in [-0.39, 0.29) is 16.4 Å². The zero-order valence-corrected chi connectivity index (χ0v) is 11.2. The van der Waals surface area contributed by atoms with Crippen molar-refractivity contribution in [3.05, 3.63) is 45.2 Å². The van der Waals surface area contributed by atoms with Crippen molar-refractivity contribution in [1.82, 2.24) is 0 Å². The Balaban J connectivity index is 2.64. The van der Waals surface area contributed by atoms with Gasteiger partial charge < -0.3 is 10.1 Å². The van der Waals surface area contributed by atoms with Gasteiger partial charge in [-0.05, 0) is 13.0 Å². The Labute approximate surface area is 115 Å². The fraction of sp³-hybridized carbons (Fsp3) is 0.333. The van der Waals surface area contributed by atoms with Gasteiger partial charge in [0.1, 0.15) is 11.5 Å². The summed E-state index contributed by atoms with van der Waals surface area (Å²) in [5.41, 5.74) is 0.688. The lowest BCUT2D eigenvalue weighted by molar-refractivity contribution is -0.384. The summed E-state index contributed by atoms with van der Waals surface area (Å²) in [6.45, 7) is 6.62. The highest BCUT2D eigenvalue weighted by atomic mass is 35.5. The van der Waals surface area contributed by atoms with Crippen molar-refractivity contribution in [2.45, 2.75) is 6.92 Å². The molecule has 1 N–H and O–H groups in total. The van der Waals surface area contributed by atoms with Crippen molar-refractivity contribution < 1.29 is 14.1 Å². The zero-order chi connectivity index (χ0) is 14.4. The Morgan fingerprint density at radius 2 is 2.32 bits per heavy atom. The summed E-state index contributed by atoms with van der Waals surface area (Å²) >= 11 is 5.59. The molecule has 1 aromatic rings. The Kier molecular flexibility index (Phi) is 5.72. The summed E-state index contributed by atoms with van der Waals surface area (Å²) in [6.07, 6.45) is 0. The van der Waals surface area contributed by atoms with Crippen molar-refractivity contribution >= 4 is 23.0 Å². The molecule has 0 aliphatic carbocycles. The topological polar surface area (TPSA) is 64.4 Å². The molecule has 0 saturated heterocycles. The average Bonchev–Trinajstić information content (AvgIpc) is 2.32. The maximum absolute atomic E-state index is 13.2. The number of nitrogens with zero attached hydrogens (tertiary/aromatic N) is 1. The minimum Gasteiger partial charge on any atom is -0.377 e. The Bertz CT molecular complexity index is 494. The van der Waals surface area contributed by atoms with E-state index < -0.39 is 10.7 Å². The van der Waals surface area contributed by atoms with Crippen molar-refractivity contribution in [2.24, 2.45) is 0 Å². The van der Waals surface area contributed by atoms with Crippen LogP contribution in [0.3, 0.4) is 0 Å². The van der Waals surface area contributed by atoms with E-state index in [2.05, 4.69) is 11.9 Å². The van der Waals surface area contributed by atoms with Crippen LogP contribution in [0.5, 0.6) is 0 Å². The molecule has 0 unspecified atom stereocenters. The summed E-state index contributed by atoms with van der Waals surface area (Å²) in [5, 5.41) is 13.4. The van der Waals surface area contributed by atoms with E-state index in [0.29, 0.717) is 19.8 Å². The maximum atomic E-state index is 13.2. The van der Waals surface area contributed by atoms with Crippen molar-refractivity contribution in [1.29, 1.82) is 0 Å². The van der Waals surface area contributed by atoms with Crippen molar-refractivity contribution in [3.8, 4) is 0 Å². The van der Waals surface area contributed by atoms with Gasteiger partial charge in [-0.1, -0.05) is 23.8 Å². The van der Waals surface area contributed by atoms with Crippen LogP contribution in [0.4, 0.5) is 15.8 Å². The van der Waals surface area contributed by atoms with Crippen LogP contribution in [0, 0.1) is 15.9 Å². The van der Waals surface area contributed by atoms with Crippen LogP contribution in [0.1, 0.15) is 6.92 Å². The first-order valence-corrected chi connectivity index (χ1v) is 5.89. The number of anilines is 1. The predicted molar refractivity (Wildman–Crippen MR) is 72.2 cm³/mol. The highest BCUT2D eigenvalue weighted by Crippen LogP contribution is 2.29. The van der Waals surface area contributed by atoms with E-state index in [1.165, 1.54) is 6.07 Å². The lowest BCUT2D eigenvalue weighted by Crippen LogP contribution is -2.11. The van der Waals surface area contributed by atoms with E-state index in [1.54, 1.807) is 0 Å². The molecule has 7 heteroatoms. The fourth-order valence-corrected chi connectivity index (χ4v) is 1.50. The molecule has 19 heavy (non-hydrogen) atoms. The third kappa shape index (κ3) is 4.84. The van der Waals surface area contributed by atoms with Gasteiger partial charge in [0.05, 0.1) is 29.2 Å². The molecule has 0 amide bonds. The number of rotatable bonds is 7. The summed E-state index contributed by atoms with van der Waals surface area (Å²) in [4.78, 5) is 10.1. The van der Waals surface area contributed by atoms with Crippen LogP contribution in [0.25, 0.3) is 0 Å². The number of nitro groups is 1. The normalized spacial score (nSPS) is 10.3. The summed E-state index contributed by atoms with van der Waals surface area (Å²) in [7, 11) is 0. The lowest BCUT2D eigenvalue weighted by atomic mass is 10.2. The van der Waals surface area contributed by atoms with E-state index in [0.717, 1.165) is 11.6 Å². The molecule has 0 saturated carbocycles. The minimum absolute atomic E-state index is 0.162. The molecule has 0 aliphatic rings. The Hall–Kier alpha value is -1.66. The van der Waals surface area contributed by atoms with E-state index in [1.807, 2.05) is 6.92 Å². The number of hydrogen-bond acceptors (Lipinski definition) is 4. The number of nitro benzene ring substituents is 1. The van der Waals surface area contributed by atoms with Crippen LogP contribution in [-0.2, 0) is 4.74 Å². The third-order valence-electron chi connectivity index (χ3n) is 2.15.